The molecule has 0 saturated carbocycles. The van der Waals surface area contributed by atoms with Crippen LogP contribution in [0, 0.1) is 0 Å². The summed E-state index contributed by atoms with van der Waals surface area (Å²) in [7, 11) is 0. The first kappa shape index (κ1) is 10.5. The molecule has 0 aliphatic carbocycles. The molecule has 0 saturated heterocycles. The number of nitrogens with two attached hydrogens (primary N) is 1. The topological polar surface area (TPSA) is 91.2 Å². The normalized spacial score (nSPS) is 12.9. The van der Waals surface area contributed by atoms with Crippen molar-refractivity contribution < 1.29 is 14.1 Å². The molecule has 1 aliphatic rings. The number of amides is 1. The fourth-order valence-corrected chi connectivity index (χ4v) is 1.77. The number of hydrogen-bond donors (Lipinski definition) is 1. The summed E-state index contributed by atoms with van der Waals surface area (Å²) in [4.78, 5) is 14.9. The molecule has 18 heavy (non-hydrogen) atoms. The van der Waals surface area contributed by atoms with Crippen molar-refractivity contribution in [1.82, 2.24) is 10.1 Å². The van der Waals surface area contributed by atoms with E-state index in [1.807, 2.05) is 30.4 Å². The maximum absolute atomic E-state index is 10.9. The molecule has 1 aromatic heterocycles. The van der Waals surface area contributed by atoms with Gasteiger partial charge in [-0.2, -0.15) is 4.98 Å². The second kappa shape index (κ2) is 3.99. The summed E-state index contributed by atoms with van der Waals surface area (Å²) >= 11 is 0. The zero-order valence-corrected chi connectivity index (χ0v) is 9.29. The number of fused-ring (bicyclic) bond motifs is 1. The Labute approximate surface area is 102 Å². The van der Waals surface area contributed by atoms with Crippen LogP contribution in [0.25, 0.3) is 17.5 Å². The number of benzene rings is 1. The first-order valence-electron chi connectivity index (χ1n) is 5.32. The molecule has 1 aliphatic heterocycles. The number of ether oxygens (including phenoxy) is 1. The molecule has 2 heterocycles. The van der Waals surface area contributed by atoms with Gasteiger partial charge in [0.1, 0.15) is 12.4 Å². The van der Waals surface area contributed by atoms with Gasteiger partial charge in [-0.25, -0.2) is 0 Å². The number of carbonyl (C=O) groups excluding carboxylic acids is 1. The highest BCUT2D eigenvalue weighted by Gasteiger charge is 2.18. The van der Waals surface area contributed by atoms with Crippen LogP contribution in [0.1, 0.15) is 16.2 Å². The van der Waals surface area contributed by atoms with Gasteiger partial charge in [0.05, 0.1) is 5.56 Å². The molecule has 0 radical (unpaired) electrons. The van der Waals surface area contributed by atoms with Crippen molar-refractivity contribution in [2.75, 3.05) is 6.61 Å². The summed E-state index contributed by atoms with van der Waals surface area (Å²) in [6.45, 7) is 0.535. The summed E-state index contributed by atoms with van der Waals surface area (Å²) in [5.74, 6) is 0.134. The molecule has 1 amide bonds. The minimum absolute atomic E-state index is 0.136. The number of hydrogen-bond acceptors (Lipinski definition) is 5. The van der Waals surface area contributed by atoms with Crippen LogP contribution in [0.3, 0.4) is 0 Å². The molecule has 6 nitrogen and oxygen atoms in total. The highest BCUT2D eigenvalue weighted by atomic mass is 16.5. The van der Waals surface area contributed by atoms with E-state index in [-0.39, 0.29) is 11.7 Å². The Morgan fingerprint density at radius 3 is 3.06 bits per heavy atom. The maximum atomic E-state index is 10.9. The van der Waals surface area contributed by atoms with Crippen molar-refractivity contribution in [2.45, 2.75) is 0 Å². The number of rotatable bonds is 2. The summed E-state index contributed by atoms with van der Waals surface area (Å²) < 4.78 is 10.5. The largest absolute Gasteiger partial charge is 0.489 e. The molecular formula is C12H9N3O3. The molecule has 2 aromatic rings. The minimum Gasteiger partial charge on any atom is -0.489 e. The van der Waals surface area contributed by atoms with Crippen LogP contribution in [0.4, 0.5) is 0 Å². The van der Waals surface area contributed by atoms with Gasteiger partial charge in [0.2, 0.25) is 0 Å². The molecule has 3 rings (SSSR count). The molecule has 6 heteroatoms. The standard InChI is InChI=1S/C12H9N3O3/c13-10(16)11-14-12(18-15-11)8-3-1-5-9-7(8)4-2-6-17-9/h1-5H,6H2,(H2,13,16). The van der Waals surface area contributed by atoms with E-state index in [4.69, 9.17) is 15.0 Å². The molecule has 1 aromatic carbocycles. The van der Waals surface area contributed by atoms with Crippen molar-refractivity contribution in [2.24, 2.45) is 5.73 Å². The van der Waals surface area contributed by atoms with Gasteiger partial charge < -0.3 is 15.0 Å². The van der Waals surface area contributed by atoms with Gasteiger partial charge in [-0.1, -0.05) is 17.3 Å². The Kier molecular flexibility index (Phi) is 2.33. The van der Waals surface area contributed by atoms with Crippen molar-refractivity contribution in [3.8, 4) is 17.2 Å². The second-order valence-electron chi connectivity index (χ2n) is 3.72. The lowest BCUT2D eigenvalue weighted by Crippen LogP contribution is -2.12. The van der Waals surface area contributed by atoms with E-state index in [0.29, 0.717) is 12.2 Å². The third-order valence-electron chi connectivity index (χ3n) is 2.56. The third-order valence-corrected chi connectivity index (χ3v) is 2.56. The molecule has 0 unspecified atom stereocenters. The number of nitrogens with zero attached hydrogens (tertiary/aromatic N) is 2. The van der Waals surface area contributed by atoms with E-state index in [0.717, 1.165) is 11.3 Å². The summed E-state index contributed by atoms with van der Waals surface area (Å²) in [6.07, 6.45) is 3.81. The van der Waals surface area contributed by atoms with E-state index in [1.165, 1.54) is 0 Å². The first-order valence-corrected chi connectivity index (χ1v) is 5.32. The van der Waals surface area contributed by atoms with Crippen molar-refractivity contribution in [3.63, 3.8) is 0 Å². The average Bonchev–Trinajstić information content (AvgIpc) is 2.87. The van der Waals surface area contributed by atoms with E-state index < -0.39 is 5.91 Å². The first-order chi connectivity index (χ1) is 8.75. The van der Waals surface area contributed by atoms with Gasteiger partial charge in [0.25, 0.3) is 17.6 Å². The Morgan fingerprint density at radius 1 is 1.39 bits per heavy atom. The summed E-state index contributed by atoms with van der Waals surface area (Å²) in [6, 6.07) is 5.49. The van der Waals surface area contributed by atoms with Crippen molar-refractivity contribution in [1.29, 1.82) is 0 Å². The van der Waals surface area contributed by atoms with Crippen LogP contribution >= 0.6 is 0 Å². The second-order valence-corrected chi connectivity index (χ2v) is 3.72. The predicted octanol–water partition coefficient (Wildman–Crippen LogP) is 1.24. The van der Waals surface area contributed by atoms with Gasteiger partial charge in [-0.05, 0) is 18.2 Å². The summed E-state index contributed by atoms with van der Waals surface area (Å²) in [5, 5.41) is 3.52. The molecule has 0 atom stereocenters. The highest BCUT2D eigenvalue weighted by Crippen LogP contribution is 2.32. The zero-order chi connectivity index (χ0) is 12.5. The van der Waals surface area contributed by atoms with Crippen molar-refractivity contribution in [3.05, 3.63) is 35.7 Å². The highest BCUT2D eigenvalue weighted by molar-refractivity contribution is 5.89. The van der Waals surface area contributed by atoms with Crippen LogP contribution in [0.5, 0.6) is 5.75 Å². The maximum Gasteiger partial charge on any atom is 0.290 e. The minimum atomic E-state index is -0.721. The molecule has 2 N–H and O–H groups in total. The zero-order valence-electron chi connectivity index (χ0n) is 9.29. The van der Waals surface area contributed by atoms with Crippen molar-refractivity contribution >= 4 is 12.0 Å². The lowest BCUT2D eigenvalue weighted by molar-refractivity contribution is 0.0987. The number of aromatic nitrogens is 2. The smallest absolute Gasteiger partial charge is 0.290 e. The van der Waals surface area contributed by atoms with Gasteiger partial charge in [-0.3, -0.25) is 4.79 Å². The predicted molar refractivity (Wildman–Crippen MR) is 62.8 cm³/mol. The SMILES string of the molecule is NC(=O)c1noc(-c2cccc3c2C=CCO3)n1. The Hall–Kier alpha value is -2.63. The molecule has 90 valence electrons. The third kappa shape index (κ3) is 1.64. The van der Waals surface area contributed by atoms with Gasteiger partial charge >= 0.3 is 0 Å². The van der Waals surface area contributed by atoms with E-state index in [9.17, 15) is 4.79 Å². The van der Waals surface area contributed by atoms with Crippen LogP contribution in [-0.2, 0) is 0 Å². The fraction of sp³-hybridized carbons (Fsp3) is 0.0833. The van der Waals surface area contributed by atoms with Crippen LogP contribution < -0.4 is 10.5 Å². The van der Waals surface area contributed by atoms with E-state index >= 15 is 0 Å². The lowest BCUT2D eigenvalue weighted by Gasteiger charge is -2.13. The Balaban J connectivity index is 2.12. The van der Waals surface area contributed by atoms with E-state index in [1.54, 1.807) is 0 Å². The Morgan fingerprint density at radius 2 is 2.28 bits per heavy atom. The molecular weight excluding hydrogens is 234 g/mol. The fourth-order valence-electron chi connectivity index (χ4n) is 1.77. The van der Waals surface area contributed by atoms with Gasteiger partial charge in [0.15, 0.2) is 0 Å². The number of carbonyl (C=O) groups is 1. The Bertz CT molecular complexity index is 646. The molecule has 0 fully saturated rings. The van der Waals surface area contributed by atoms with Gasteiger partial charge in [0, 0.05) is 5.56 Å². The van der Waals surface area contributed by atoms with E-state index in [2.05, 4.69) is 10.1 Å². The lowest BCUT2D eigenvalue weighted by atomic mass is 10.0. The van der Waals surface area contributed by atoms with Gasteiger partial charge in [-0.15, -0.1) is 0 Å². The average molecular weight is 243 g/mol. The molecule has 0 spiro atoms. The van der Waals surface area contributed by atoms with Crippen LogP contribution in [0.15, 0.2) is 28.8 Å². The summed E-state index contributed by atoms with van der Waals surface area (Å²) in [5.41, 5.74) is 6.64. The number of primary amides is 1. The van der Waals surface area contributed by atoms with Crippen LogP contribution in [0.2, 0.25) is 0 Å². The van der Waals surface area contributed by atoms with Crippen LogP contribution in [-0.4, -0.2) is 22.7 Å². The molecule has 0 bridgehead atoms. The quantitative estimate of drug-likeness (QED) is 0.856. The monoisotopic (exact) mass is 243 g/mol.